The van der Waals surface area contributed by atoms with E-state index in [0.29, 0.717) is 0 Å². The summed E-state index contributed by atoms with van der Waals surface area (Å²) in [6.07, 6.45) is 35.5. The molecule has 494 valence electrons. The quantitative estimate of drug-likeness (QED) is 0.203. The van der Waals surface area contributed by atoms with Gasteiger partial charge in [-0.15, -0.1) is 0 Å². The zero-order valence-corrected chi connectivity index (χ0v) is 54.2. The van der Waals surface area contributed by atoms with Crippen molar-refractivity contribution >= 4 is 36.5 Å². The first-order valence-electron chi connectivity index (χ1n) is 13.7. The fourth-order valence-corrected chi connectivity index (χ4v) is 3.64. The van der Waals surface area contributed by atoms with E-state index in [9.17, 15) is 0 Å². The van der Waals surface area contributed by atoms with Crippen molar-refractivity contribution in [2.75, 3.05) is 0 Å². The predicted octanol–water partition coefficient (Wildman–Crippen LogP) is -0.545. The average Bonchev–Trinajstić information content (AvgIpc) is 3.09. The number of pyridine rings is 6. The molecule has 6 heterocycles. The molecule has 0 aliphatic heterocycles. The van der Waals surface area contributed by atoms with E-state index in [0.717, 1.165) is 0 Å². The van der Waals surface area contributed by atoms with E-state index >= 15 is 0 Å². The van der Waals surface area contributed by atoms with Crippen molar-refractivity contribution in [1.82, 2.24) is 0 Å². The first kappa shape index (κ1) is 268. The molecule has 6 rings (SSSR count). The summed E-state index contributed by atoms with van der Waals surface area (Å²) in [4.78, 5) is 18.0. The third kappa shape index (κ3) is 125. The van der Waals surface area contributed by atoms with Gasteiger partial charge in [-0.2, -0.15) is 0 Å². The summed E-state index contributed by atoms with van der Waals surface area (Å²) in [5.74, 6) is 0. The van der Waals surface area contributed by atoms with Crippen molar-refractivity contribution in [3.63, 3.8) is 0 Å². The summed E-state index contributed by atoms with van der Waals surface area (Å²) in [7, 11) is 0. The normalized spacial score (nSPS) is 5.41. The van der Waals surface area contributed by atoms with Crippen LogP contribution in [0.15, 0.2) is 147 Å². The second kappa shape index (κ2) is 178. The zero-order chi connectivity index (χ0) is 28.9. The minimum atomic E-state index is 0. The third-order valence-electron chi connectivity index (χ3n) is 5.87. The second-order valence-electron chi connectivity index (χ2n) is 9.00. The van der Waals surface area contributed by atoms with Gasteiger partial charge < -0.3 is 164 Å². The average molecular weight is 1550 g/mol. The van der Waals surface area contributed by atoms with Crippen LogP contribution >= 0.6 is 0 Å². The maximum atomic E-state index is 2.99. The smallest absolute Gasteiger partial charge is 0.167 e. The van der Waals surface area contributed by atoms with Crippen molar-refractivity contribution in [2.45, 2.75) is 0 Å². The van der Waals surface area contributed by atoms with Gasteiger partial charge >= 0.3 is 0 Å². The standard InChI is InChI=1S/3C12H10N2.2H2O.28O.10V/c3*1(11-3-7-13-8-4-11)2-12-5-9-14-10-6-12;;;;;;;;;;;;;;;;;;;;;;;;;;;;;;;;;;;;;;;;/h3*1-10H;2*1H2;;;;;;;;;;;;;;;;;;;;;;;;;;;;;;;;;;;;;;/q;;;;;28*-2;;;;;;;;;;/p+6/b3*2-1+;;;;;;;;;;;;;;;;;;;;;;;;;;;;;;;;;;;;;;;;. The van der Waals surface area contributed by atoms with Gasteiger partial charge in [0.25, 0.3) is 0 Å². The Bertz CT molecular complexity index is 1410. The number of rotatable bonds is 6. The second-order valence-corrected chi connectivity index (χ2v) is 9.00. The molecule has 0 aliphatic rings. The van der Waals surface area contributed by atoms with E-state index in [1.165, 1.54) is 33.4 Å². The monoisotopic (exact) mass is 1550 g/mol. The van der Waals surface area contributed by atoms with Gasteiger partial charge in [0.05, 0.1) is 0 Å². The van der Waals surface area contributed by atoms with Gasteiger partial charge in [-0.05, 0) is 33.4 Å². The first-order chi connectivity index (χ1) is 20.8. The largest absolute Gasteiger partial charge is 2.00 e. The first-order valence-corrected chi connectivity index (χ1v) is 13.7. The van der Waals surface area contributed by atoms with Crippen molar-refractivity contribution in [3.8, 4) is 0 Å². The van der Waals surface area contributed by atoms with Crippen LogP contribution in [0.5, 0.6) is 0 Å². The fraction of sp³-hybridized carbons (Fsp3) is 0. The molecule has 6 aromatic rings. The number of aromatic nitrogens is 6. The Balaban J connectivity index is -0.00000000851. The van der Waals surface area contributed by atoms with Crippen LogP contribution < -0.4 is 29.9 Å². The molecule has 0 bridgehead atoms. The van der Waals surface area contributed by atoms with E-state index in [2.05, 4.69) is 66.4 Å². The predicted molar refractivity (Wildman–Crippen MR) is 191 cm³/mol. The van der Waals surface area contributed by atoms with Crippen LogP contribution in [-0.2, 0) is 339 Å². The maximum absolute atomic E-state index is 2.99. The van der Waals surface area contributed by atoms with Gasteiger partial charge in [0, 0.05) is 258 Å². The Morgan fingerprint density at radius 3 is 0.268 bits per heavy atom. The van der Waals surface area contributed by atoms with Crippen LogP contribution in [0.3, 0.4) is 0 Å². The van der Waals surface area contributed by atoms with E-state index in [4.69, 9.17) is 0 Å². The van der Waals surface area contributed by atoms with Gasteiger partial charge in [-0.3, -0.25) is 0 Å². The minimum absolute atomic E-state index is 0. The Hall–Kier alpha value is -1.24. The summed E-state index contributed by atoms with van der Waals surface area (Å²) in [6.45, 7) is 0. The minimum Gasteiger partial charge on any atom is -2.00 e. The molecule has 46 heteroatoms. The number of aromatic amines is 6. The Kier molecular flexibility index (Phi) is 582. The van der Waals surface area contributed by atoms with E-state index in [1.54, 1.807) is 0 Å². The van der Waals surface area contributed by atoms with Crippen molar-refractivity contribution < 1.29 is 380 Å². The molecule has 0 aromatic carbocycles. The number of hydrogen-bond donors (Lipinski definition) is 0. The van der Waals surface area contributed by atoms with Crippen molar-refractivity contribution in [3.05, 3.63) is 181 Å². The molecule has 82 heavy (non-hydrogen) atoms. The van der Waals surface area contributed by atoms with Crippen LogP contribution in [0, 0.1) is 0 Å². The number of nitrogens with one attached hydrogen (secondary N) is 6. The summed E-state index contributed by atoms with van der Waals surface area (Å²) in [5.41, 5.74) is 7.15. The molecule has 0 aliphatic carbocycles. The summed E-state index contributed by atoms with van der Waals surface area (Å²) in [5, 5.41) is 0. The van der Waals surface area contributed by atoms with Crippen LogP contribution in [0.4, 0.5) is 0 Å². The molecule has 0 atom stereocenters. The molecule has 10 radical (unpaired) electrons. The molecule has 0 amide bonds. The van der Waals surface area contributed by atoms with Gasteiger partial charge in [-0.25, -0.2) is 29.9 Å². The van der Waals surface area contributed by atoms with Gasteiger partial charge in [-0.1, -0.05) is 36.5 Å². The molecule has 0 fully saturated rings. The molecule has 0 spiro atoms. The van der Waals surface area contributed by atoms with Crippen LogP contribution in [0.1, 0.15) is 33.4 Å². The number of hydrogen-bond acceptors (Lipinski definition) is 0. The van der Waals surface area contributed by atoms with Gasteiger partial charge in [0.15, 0.2) is 74.4 Å². The molecule has 36 nitrogen and oxygen atoms in total. The van der Waals surface area contributed by atoms with Crippen molar-refractivity contribution in [2.24, 2.45) is 0 Å². The third-order valence-corrected chi connectivity index (χ3v) is 5.87. The molecular weight excluding hydrogens is 1510 g/mol. The van der Waals surface area contributed by atoms with Crippen LogP contribution in [-0.4, -0.2) is 11.0 Å². The molecular formula is C36H40N6O30V10-50. The Morgan fingerprint density at radius 1 is 0.146 bits per heavy atom. The summed E-state index contributed by atoms with van der Waals surface area (Å²) >= 11 is 0. The zero-order valence-electron chi connectivity index (χ0n) is 40.2. The van der Waals surface area contributed by atoms with E-state index in [-0.39, 0.29) is 350 Å². The van der Waals surface area contributed by atoms with E-state index < -0.39 is 0 Å². The van der Waals surface area contributed by atoms with Gasteiger partial charge in [0.1, 0.15) is 0 Å². The summed E-state index contributed by atoms with van der Waals surface area (Å²) < 4.78 is 0. The number of H-pyrrole nitrogens is 6. The molecule has 0 saturated carbocycles. The van der Waals surface area contributed by atoms with E-state index in [1.807, 2.05) is 147 Å². The van der Waals surface area contributed by atoms with Crippen LogP contribution in [0.2, 0.25) is 0 Å². The van der Waals surface area contributed by atoms with Gasteiger partial charge in [0.2, 0.25) is 0 Å². The Morgan fingerprint density at radius 2 is 0.207 bits per heavy atom. The van der Waals surface area contributed by atoms with Crippen LogP contribution in [0.25, 0.3) is 36.5 Å². The SMILES string of the molecule is C(=C\c1cc[nH+]cc1)/c1cc[nH+]cc1.C(=C\c1cc[nH+]cc1)/c1cc[nH+]cc1.C(=C\c1cc[nH+]cc1)/c1cc[nH+]cc1.O.O.[O-2].[O-2].[O-2].[O-2].[O-2].[O-2].[O-2].[O-2].[O-2].[O-2].[O-2].[O-2].[O-2].[O-2].[O-2].[O-2].[O-2].[O-2].[O-2].[O-2].[O-2].[O-2].[O-2].[O-2].[O-2].[O-2].[O-2].[O-2].[V].[V].[V].[V].[V].[V].[V].[V].[V].[V]. The van der Waals surface area contributed by atoms with Crippen molar-refractivity contribution in [1.29, 1.82) is 0 Å². The Labute approximate surface area is 591 Å². The fourth-order valence-electron chi connectivity index (χ4n) is 3.64. The molecule has 6 aromatic heterocycles. The molecule has 10 N–H and O–H groups in total. The molecule has 0 saturated heterocycles. The topological polar surface area (TPSA) is 946 Å². The summed E-state index contributed by atoms with van der Waals surface area (Å²) in [6, 6.07) is 24.4. The maximum Gasteiger partial charge on any atom is 0.167 e. The molecule has 0 unspecified atom stereocenters.